The van der Waals surface area contributed by atoms with Crippen LogP contribution in [-0.4, -0.2) is 26.0 Å². The molecule has 21 heavy (non-hydrogen) atoms. The zero-order valence-corrected chi connectivity index (χ0v) is 13.1. The molecule has 0 unspecified atom stereocenters. The highest BCUT2D eigenvalue weighted by Gasteiger charge is 2.13. The minimum atomic E-state index is -0.191. The molecule has 2 rings (SSSR count). The van der Waals surface area contributed by atoms with Gasteiger partial charge in [0.1, 0.15) is 11.3 Å². The van der Waals surface area contributed by atoms with Gasteiger partial charge in [-0.1, -0.05) is 25.1 Å². The minimum absolute atomic E-state index is 0.191. The predicted molar refractivity (Wildman–Crippen MR) is 84.3 cm³/mol. The van der Waals surface area contributed by atoms with Gasteiger partial charge in [-0.3, -0.25) is 0 Å². The Morgan fingerprint density at radius 1 is 1.10 bits per heavy atom. The summed E-state index contributed by atoms with van der Waals surface area (Å²) in [4.78, 5) is 0. The molecule has 0 saturated carbocycles. The Morgan fingerprint density at radius 2 is 1.81 bits per heavy atom. The fourth-order valence-corrected chi connectivity index (χ4v) is 2.48. The van der Waals surface area contributed by atoms with E-state index < -0.39 is 0 Å². The number of hydrogen-bond acceptors (Lipinski definition) is 4. The second-order valence-corrected chi connectivity index (χ2v) is 4.82. The average molecular weight is 291 g/mol. The molecule has 0 fully saturated rings. The lowest BCUT2D eigenvalue weighted by molar-refractivity contribution is -0.133. The van der Waals surface area contributed by atoms with Crippen LogP contribution in [0, 0.1) is 0 Å². The summed E-state index contributed by atoms with van der Waals surface area (Å²) < 4.78 is 17.0. The number of hydrogen-bond donors (Lipinski definition) is 1. The van der Waals surface area contributed by atoms with Crippen molar-refractivity contribution in [2.75, 3.05) is 19.8 Å². The number of aryl methyl sites for hydroxylation is 1. The largest absolute Gasteiger partial charge is 0.461 e. The standard InChI is InChI=1S/C17H25NO3/c1-4-15-14(13-9-7-8-10-16(13)21-15)11-18-12-17(19-5-2)20-6-3/h7-10,17-18H,4-6,11-12H2,1-3H3. The van der Waals surface area contributed by atoms with Crippen molar-refractivity contribution in [1.29, 1.82) is 0 Å². The van der Waals surface area contributed by atoms with Crippen LogP contribution in [0.15, 0.2) is 28.7 Å². The van der Waals surface area contributed by atoms with Crippen LogP contribution in [0.4, 0.5) is 0 Å². The molecule has 1 aromatic heterocycles. The quantitative estimate of drug-likeness (QED) is 0.718. The summed E-state index contributed by atoms with van der Waals surface area (Å²) in [5.41, 5.74) is 2.19. The van der Waals surface area contributed by atoms with Gasteiger partial charge in [0.05, 0.1) is 0 Å². The van der Waals surface area contributed by atoms with Crippen molar-refractivity contribution >= 4 is 11.0 Å². The Hall–Kier alpha value is -1.36. The first kappa shape index (κ1) is 16.0. The molecule has 1 N–H and O–H groups in total. The van der Waals surface area contributed by atoms with Crippen LogP contribution in [0.5, 0.6) is 0 Å². The Labute approximate surface area is 126 Å². The van der Waals surface area contributed by atoms with Crippen LogP contribution in [0.1, 0.15) is 32.1 Å². The second kappa shape index (κ2) is 8.17. The third-order valence-electron chi connectivity index (χ3n) is 3.42. The van der Waals surface area contributed by atoms with Crippen LogP contribution >= 0.6 is 0 Å². The van der Waals surface area contributed by atoms with Crippen molar-refractivity contribution in [3.05, 3.63) is 35.6 Å². The monoisotopic (exact) mass is 291 g/mol. The summed E-state index contributed by atoms with van der Waals surface area (Å²) >= 11 is 0. The molecule has 0 saturated heterocycles. The summed E-state index contributed by atoms with van der Waals surface area (Å²) in [5.74, 6) is 1.05. The van der Waals surface area contributed by atoms with Crippen molar-refractivity contribution in [2.45, 2.75) is 40.0 Å². The summed E-state index contributed by atoms with van der Waals surface area (Å²) in [6.07, 6.45) is 0.703. The van der Waals surface area contributed by atoms with Gasteiger partial charge in [-0.15, -0.1) is 0 Å². The maximum atomic E-state index is 5.90. The zero-order chi connectivity index (χ0) is 15.1. The molecule has 0 spiro atoms. The van der Waals surface area contributed by atoms with Gasteiger partial charge in [-0.05, 0) is 19.9 Å². The van der Waals surface area contributed by atoms with Crippen molar-refractivity contribution in [3.63, 3.8) is 0 Å². The smallest absolute Gasteiger partial charge is 0.169 e. The highest BCUT2D eigenvalue weighted by molar-refractivity contribution is 5.82. The summed E-state index contributed by atoms with van der Waals surface area (Å²) in [5, 5.41) is 4.60. The molecule has 0 radical (unpaired) electrons. The molecule has 4 heteroatoms. The van der Waals surface area contributed by atoms with E-state index in [1.54, 1.807) is 0 Å². The lowest BCUT2D eigenvalue weighted by atomic mass is 10.1. The lowest BCUT2D eigenvalue weighted by Gasteiger charge is -2.17. The van der Waals surface area contributed by atoms with Gasteiger partial charge >= 0.3 is 0 Å². The third kappa shape index (κ3) is 4.06. The molecule has 0 atom stereocenters. The Kier molecular flexibility index (Phi) is 6.23. The van der Waals surface area contributed by atoms with E-state index in [-0.39, 0.29) is 6.29 Å². The fourth-order valence-electron chi connectivity index (χ4n) is 2.48. The van der Waals surface area contributed by atoms with E-state index in [2.05, 4.69) is 18.3 Å². The zero-order valence-electron chi connectivity index (χ0n) is 13.1. The normalized spacial score (nSPS) is 11.6. The van der Waals surface area contributed by atoms with Crippen molar-refractivity contribution in [3.8, 4) is 0 Å². The van der Waals surface area contributed by atoms with Gasteiger partial charge in [0.2, 0.25) is 0 Å². The van der Waals surface area contributed by atoms with Crippen LogP contribution in [0.2, 0.25) is 0 Å². The highest BCUT2D eigenvalue weighted by atomic mass is 16.7. The number of rotatable bonds is 9. The van der Waals surface area contributed by atoms with E-state index >= 15 is 0 Å². The molecule has 0 aliphatic rings. The molecule has 4 nitrogen and oxygen atoms in total. The maximum Gasteiger partial charge on any atom is 0.169 e. The summed E-state index contributed by atoms with van der Waals surface area (Å²) in [6.45, 7) is 8.81. The number of benzene rings is 1. The molecule has 1 aromatic carbocycles. The van der Waals surface area contributed by atoms with Gasteiger partial charge in [-0.2, -0.15) is 0 Å². The number of furan rings is 1. The second-order valence-electron chi connectivity index (χ2n) is 4.82. The average Bonchev–Trinajstić information content (AvgIpc) is 2.86. The molecule has 116 valence electrons. The molecule has 0 bridgehead atoms. The highest BCUT2D eigenvalue weighted by Crippen LogP contribution is 2.26. The number of fused-ring (bicyclic) bond motifs is 1. The topological polar surface area (TPSA) is 43.6 Å². The molecule has 0 aliphatic carbocycles. The van der Waals surface area contributed by atoms with Crippen LogP contribution in [0.3, 0.4) is 0 Å². The Morgan fingerprint density at radius 3 is 2.48 bits per heavy atom. The van der Waals surface area contributed by atoms with E-state index in [1.807, 2.05) is 32.0 Å². The fraction of sp³-hybridized carbons (Fsp3) is 0.529. The van der Waals surface area contributed by atoms with Crippen molar-refractivity contribution in [2.24, 2.45) is 0 Å². The first-order valence-electron chi connectivity index (χ1n) is 7.73. The van der Waals surface area contributed by atoms with E-state index in [4.69, 9.17) is 13.9 Å². The molecule has 1 heterocycles. The Balaban J connectivity index is 2.02. The molecule has 0 aliphatic heterocycles. The maximum absolute atomic E-state index is 5.90. The van der Waals surface area contributed by atoms with Gasteiger partial charge in [0, 0.05) is 43.7 Å². The van der Waals surface area contributed by atoms with E-state index in [0.29, 0.717) is 19.8 Å². The first-order valence-corrected chi connectivity index (χ1v) is 7.73. The summed E-state index contributed by atoms with van der Waals surface area (Å²) in [6, 6.07) is 8.17. The van der Waals surface area contributed by atoms with Crippen LogP contribution in [0.25, 0.3) is 11.0 Å². The van der Waals surface area contributed by atoms with Gasteiger partial charge in [0.15, 0.2) is 6.29 Å². The third-order valence-corrected chi connectivity index (χ3v) is 3.42. The van der Waals surface area contributed by atoms with E-state index in [1.165, 1.54) is 10.9 Å². The van der Waals surface area contributed by atoms with Gasteiger partial charge in [-0.25, -0.2) is 0 Å². The first-order chi connectivity index (χ1) is 10.3. The minimum Gasteiger partial charge on any atom is -0.461 e. The lowest BCUT2D eigenvalue weighted by Crippen LogP contribution is -2.31. The molecular weight excluding hydrogens is 266 g/mol. The van der Waals surface area contributed by atoms with Crippen molar-refractivity contribution < 1.29 is 13.9 Å². The molecule has 2 aromatic rings. The Bertz CT molecular complexity index is 544. The van der Waals surface area contributed by atoms with E-state index in [0.717, 1.165) is 24.3 Å². The number of ether oxygens (including phenoxy) is 2. The van der Waals surface area contributed by atoms with Gasteiger partial charge in [0.25, 0.3) is 0 Å². The van der Waals surface area contributed by atoms with E-state index in [9.17, 15) is 0 Å². The predicted octanol–water partition coefficient (Wildman–Crippen LogP) is 3.48. The van der Waals surface area contributed by atoms with Crippen LogP contribution in [-0.2, 0) is 22.4 Å². The molecule has 0 amide bonds. The van der Waals surface area contributed by atoms with Crippen molar-refractivity contribution in [1.82, 2.24) is 5.32 Å². The molecular formula is C17H25NO3. The van der Waals surface area contributed by atoms with Gasteiger partial charge < -0.3 is 19.2 Å². The number of nitrogens with one attached hydrogen (secondary N) is 1. The SMILES string of the molecule is CCOC(CNCc1c(CC)oc2ccccc12)OCC. The van der Waals surface area contributed by atoms with Crippen LogP contribution < -0.4 is 5.32 Å². The summed E-state index contributed by atoms with van der Waals surface area (Å²) in [7, 11) is 0. The number of para-hydroxylation sites is 1.